The SMILES string of the molecule is CC(=O)Nc1ccc(NC(=O)C2CC2C(=O)Nc2ccc(OC(C)C)cc2)cc1. The maximum Gasteiger partial charge on any atom is 0.228 e. The van der Waals surface area contributed by atoms with Crippen LogP contribution in [0.5, 0.6) is 5.75 Å². The highest BCUT2D eigenvalue weighted by Crippen LogP contribution is 2.40. The Hall–Kier alpha value is -3.35. The molecule has 0 heterocycles. The van der Waals surface area contributed by atoms with Gasteiger partial charge in [0.15, 0.2) is 0 Å². The number of anilines is 3. The molecule has 1 aliphatic carbocycles. The number of carbonyl (C=O) groups excluding carboxylic acids is 3. The summed E-state index contributed by atoms with van der Waals surface area (Å²) in [5, 5.41) is 8.32. The molecule has 2 unspecified atom stereocenters. The molecule has 152 valence electrons. The predicted molar refractivity (Wildman–Crippen MR) is 112 cm³/mol. The molecule has 0 aromatic heterocycles. The minimum absolute atomic E-state index is 0.0859. The predicted octanol–water partition coefficient (Wildman–Crippen LogP) is 3.65. The summed E-state index contributed by atoms with van der Waals surface area (Å²) in [6, 6.07) is 14.0. The summed E-state index contributed by atoms with van der Waals surface area (Å²) in [5.74, 6) is -0.433. The molecule has 1 aliphatic rings. The fraction of sp³-hybridized carbons (Fsp3) is 0.318. The Morgan fingerprint density at radius 1 is 0.793 bits per heavy atom. The standard InChI is InChI=1S/C22H25N3O4/c1-13(2)29-18-10-8-17(9-11-18)25-22(28)20-12-19(20)21(27)24-16-6-4-15(5-7-16)23-14(3)26/h4-11,13,19-20H,12H2,1-3H3,(H,23,26)(H,24,27)(H,25,28). The van der Waals surface area contributed by atoms with Gasteiger partial charge in [0.25, 0.3) is 0 Å². The van der Waals surface area contributed by atoms with E-state index in [1.54, 1.807) is 48.5 Å². The maximum absolute atomic E-state index is 12.4. The minimum Gasteiger partial charge on any atom is -0.491 e. The molecule has 1 fully saturated rings. The monoisotopic (exact) mass is 395 g/mol. The van der Waals surface area contributed by atoms with Gasteiger partial charge in [0.1, 0.15) is 5.75 Å². The second kappa shape index (κ2) is 8.77. The molecule has 2 aromatic carbocycles. The van der Waals surface area contributed by atoms with Crippen LogP contribution in [-0.2, 0) is 14.4 Å². The van der Waals surface area contributed by atoms with Gasteiger partial charge in [0.05, 0.1) is 17.9 Å². The number of hydrogen-bond acceptors (Lipinski definition) is 4. The van der Waals surface area contributed by atoms with Gasteiger partial charge in [-0.25, -0.2) is 0 Å². The first-order chi connectivity index (χ1) is 13.8. The number of benzene rings is 2. The van der Waals surface area contributed by atoms with Crippen LogP contribution in [0.15, 0.2) is 48.5 Å². The van der Waals surface area contributed by atoms with Gasteiger partial charge in [-0.2, -0.15) is 0 Å². The molecule has 0 aliphatic heterocycles. The van der Waals surface area contributed by atoms with Crippen molar-refractivity contribution in [3.05, 3.63) is 48.5 Å². The molecule has 2 aromatic rings. The first kappa shape index (κ1) is 20.4. The normalized spacial score (nSPS) is 17.4. The van der Waals surface area contributed by atoms with Crippen molar-refractivity contribution in [1.82, 2.24) is 0 Å². The Bertz CT molecular complexity index is 891. The van der Waals surface area contributed by atoms with Gasteiger partial charge in [-0.3, -0.25) is 14.4 Å². The van der Waals surface area contributed by atoms with Crippen molar-refractivity contribution in [3.8, 4) is 5.75 Å². The van der Waals surface area contributed by atoms with Crippen molar-refractivity contribution in [2.75, 3.05) is 16.0 Å². The zero-order valence-corrected chi connectivity index (χ0v) is 16.7. The average molecular weight is 395 g/mol. The van der Waals surface area contributed by atoms with Gasteiger partial charge in [-0.15, -0.1) is 0 Å². The van der Waals surface area contributed by atoms with Crippen LogP contribution in [0.2, 0.25) is 0 Å². The molecule has 7 nitrogen and oxygen atoms in total. The summed E-state index contributed by atoms with van der Waals surface area (Å²) < 4.78 is 5.58. The number of hydrogen-bond donors (Lipinski definition) is 3. The first-order valence-corrected chi connectivity index (χ1v) is 9.58. The third kappa shape index (κ3) is 5.81. The number of ether oxygens (including phenoxy) is 1. The maximum atomic E-state index is 12.4. The molecule has 1 saturated carbocycles. The summed E-state index contributed by atoms with van der Waals surface area (Å²) in [7, 11) is 0. The second-order valence-electron chi connectivity index (χ2n) is 7.38. The highest BCUT2D eigenvalue weighted by Gasteiger charge is 2.48. The fourth-order valence-electron chi connectivity index (χ4n) is 2.97. The van der Waals surface area contributed by atoms with Gasteiger partial charge >= 0.3 is 0 Å². The molecule has 0 saturated heterocycles. The third-order valence-corrected chi connectivity index (χ3v) is 4.43. The van der Waals surface area contributed by atoms with E-state index in [0.717, 1.165) is 5.75 Å². The fourth-order valence-corrected chi connectivity index (χ4v) is 2.97. The first-order valence-electron chi connectivity index (χ1n) is 9.58. The quantitative estimate of drug-likeness (QED) is 0.667. The van der Waals surface area contributed by atoms with Crippen LogP contribution in [-0.4, -0.2) is 23.8 Å². The lowest BCUT2D eigenvalue weighted by molar-refractivity contribution is -0.122. The number of amides is 3. The van der Waals surface area contributed by atoms with E-state index in [1.165, 1.54) is 6.92 Å². The van der Waals surface area contributed by atoms with E-state index >= 15 is 0 Å². The van der Waals surface area contributed by atoms with E-state index in [1.807, 2.05) is 13.8 Å². The van der Waals surface area contributed by atoms with Crippen LogP contribution in [0.25, 0.3) is 0 Å². The number of rotatable bonds is 7. The largest absolute Gasteiger partial charge is 0.491 e. The van der Waals surface area contributed by atoms with Gasteiger partial charge in [-0.05, 0) is 68.8 Å². The molecule has 7 heteroatoms. The zero-order valence-electron chi connectivity index (χ0n) is 16.7. The van der Waals surface area contributed by atoms with Crippen molar-refractivity contribution in [2.45, 2.75) is 33.3 Å². The summed E-state index contributed by atoms with van der Waals surface area (Å²) in [6.07, 6.45) is 0.610. The average Bonchev–Trinajstić information content (AvgIpc) is 3.45. The Morgan fingerprint density at radius 2 is 1.21 bits per heavy atom. The van der Waals surface area contributed by atoms with Crippen molar-refractivity contribution in [1.29, 1.82) is 0 Å². The van der Waals surface area contributed by atoms with Crippen molar-refractivity contribution < 1.29 is 19.1 Å². The molecular weight excluding hydrogens is 370 g/mol. The van der Waals surface area contributed by atoms with Crippen LogP contribution in [0.1, 0.15) is 27.2 Å². The molecule has 29 heavy (non-hydrogen) atoms. The van der Waals surface area contributed by atoms with E-state index in [4.69, 9.17) is 4.74 Å². The zero-order chi connectivity index (χ0) is 21.0. The summed E-state index contributed by atoms with van der Waals surface area (Å²) in [5.41, 5.74) is 1.95. The van der Waals surface area contributed by atoms with Crippen molar-refractivity contribution in [3.63, 3.8) is 0 Å². The molecular formula is C22H25N3O4. The highest BCUT2D eigenvalue weighted by atomic mass is 16.5. The van der Waals surface area contributed by atoms with Crippen molar-refractivity contribution in [2.24, 2.45) is 11.8 Å². The summed E-state index contributed by atoms with van der Waals surface area (Å²) in [6.45, 7) is 5.33. The van der Waals surface area contributed by atoms with Gasteiger partial charge < -0.3 is 20.7 Å². The lowest BCUT2D eigenvalue weighted by Gasteiger charge is -2.10. The lowest BCUT2D eigenvalue weighted by Crippen LogP contribution is -2.20. The Balaban J connectivity index is 1.48. The van der Waals surface area contributed by atoms with Crippen LogP contribution in [0.4, 0.5) is 17.1 Å². The second-order valence-corrected chi connectivity index (χ2v) is 7.38. The number of nitrogens with one attached hydrogen (secondary N) is 3. The molecule has 3 N–H and O–H groups in total. The van der Waals surface area contributed by atoms with Gasteiger partial charge in [0, 0.05) is 24.0 Å². The van der Waals surface area contributed by atoms with E-state index in [9.17, 15) is 14.4 Å². The van der Waals surface area contributed by atoms with Crippen LogP contribution >= 0.6 is 0 Å². The van der Waals surface area contributed by atoms with Gasteiger partial charge in [0.2, 0.25) is 17.7 Å². The number of carbonyl (C=O) groups is 3. The topological polar surface area (TPSA) is 96.5 Å². The third-order valence-electron chi connectivity index (χ3n) is 4.43. The molecule has 0 spiro atoms. The Morgan fingerprint density at radius 3 is 1.62 bits per heavy atom. The molecule has 3 amide bonds. The van der Waals surface area contributed by atoms with E-state index in [-0.39, 0.29) is 35.7 Å². The van der Waals surface area contributed by atoms with Crippen LogP contribution in [0, 0.1) is 11.8 Å². The van der Waals surface area contributed by atoms with E-state index < -0.39 is 0 Å². The lowest BCUT2D eigenvalue weighted by atomic mass is 10.2. The van der Waals surface area contributed by atoms with Crippen LogP contribution < -0.4 is 20.7 Å². The molecule has 0 radical (unpaired) electrons. The Kier molecular flexibility index (Phi) is 6.16. The minimum atomic E-state index is -0.339. The van der Waals surface area contributed by atoms with E-state index in [2.05, 4.69) is 16.0 Å². The smallest absolute Gasteiger partial charge is 0.228 e. The molecule has 0 bridgehead atoms. The molecule has 3 rings (SSSR count). The molecule has 2 atom stereocenters. The van der Waals surface area contributed by atoms with Crippen LogP contribution in [0.3, 0.4) is 0 Å². The van der Waals surface area contributed by atoms with Gasteiger partial charge in [-0.1, -0.05) is 0 Å². The summed E-state index contributed by atoms with van der Waals surface area (Å²) in [4.78, 5) is 35.8. The van der Waals surface area contributed by atoms with E-state index in [0.29, 0.717) is 23.5 Å². The summed E-state index contributed by atoms with van der Waals surface area (Å²) >= 11 is 0. The highest BCUT2D eigenvalue weighted by molar-refractivity contribution is 6.03. The Labute approximate surface area is 169 Å². The van der Waals surface area contributed by atoms with Crippen molar-refractivity contribution >= 4 is 34.8 Å².